The summed E-state index contributed by atoms with van der Waals surface area (Å²) < 4.78 is 20.2. The molecule has 1 unspecified atom stereocenters. The van der Waals surface area contributed by atoms with Gasteiger partial charge in [-0.05, 0) is 18.6 Å². The van der Waals surface area contributed by atoms with Crippen molar-refractivity contribution in [1.29, 1.82) is 0 Å². The van der Waals surface area contributed by atoms with Gasteiger partial charge in [0.1, 0.15) is 24.1 Å². The molecule has 0 bridgehead atoms. The lowest BCUT2D eigenvalue weighted by molar-refractivity contribution is -0.101. The van der Waals surface area contributed by atoms with Gasteiger partial charge in [-0.2, -0.15) is 10.2 Å². The van der Waals surface area contributed by atoms with Crippen LogP contribution >= 0.6 is 0 Å². The van der Waals surface area contributed by atoms with E-state index in [2.05, 4.69) is 20.2 Å². The number of nitrogens with zero attached hydrogens (tertiary/aromatic N) is 6. The van der Waals surface area contributed by atoms with Crippen molar-refractivity contribution >= 4 is 0 Å². The summed E-state index contributed by atoms with van der Waals surface area (Å²) in [6.07, 6.45) is 8.87. The summed E-state index contributed by atoms with van der Waals surface area (Å²) in [6, 6.07) is 9.31. The van der Waals surface area contributed by atoms with E-state index < -0.39 is 0 Å². The lowest BCUT2D eigenvalue weighted by Gasteiger charge is -2.22. The minimum absolute atomic E-state index is 0.0842. The first-order chi connectivity index (χ1) is 17.2. The Kier molecular flexibility index (Phi) is 6.92. The number of benzene rings is 1. The summed E-state index contributed by atoms with van der Waals surface area (Å²) in [4.78, 5) is 21.4. The van der Waals surface area contributed by atoms with Crippen LogP contribution in [0.3, 0.4) is 0 Å². The predicted octanol–water partition coefficient (Wildman–Crippen LogP) is 2.29. The van der Waals surface area contributed by atoms with Crippen LogP contribution in [0.15, 0.2) is 66.1 Å². The van der Waals surface area contributed by atoms with Crippen molar-refractivity contribution in [3.8, 4) is 22.8 Å². The molecule has 0 saturated carbocycles. The predicted molar refractivity (Wildman–Crippen MR) is 128 cm³/mol. The first-order valence-corrected chi connectivity index (χ1v) is 11.5. The number of hydrogen-bond donors (Lipinski definition) is 0. The second kappa shape index (κ2) is 10.6. The highest BCUT2D eigenvalue weighted by molar-refractivity contribution is 5.56. The average Bonchev–Trinajstić information content (AvgIpc) is 3.39. The van der Waals surface area contributed by atoms with Crippen molar-refractivity contribution in [3.05, 3.63) is 82.8 Å². The van der Waals surface area contributed by atoms with Crippen molar-refractivity contribution in [2.75, 3.05) is 26.4 Å². The fraction of sp³-hybridized carbons (Fsp3) is 0.320. The molecular weight excluding hydrogens is 448 g/mol. The van der Waals surface area contributed by atoms with Gasteiger partial charge in [-0.15, -0.1) is 0 Å². The van der Waals surface area contributed by atoms with Gasteiger partial charge in [0.15, 0.2) is 11.6 Å². The standard InChI is InChI=1S/C25H26N6O4/c1-2-30-15-20(12-28-30)31-7-6-24(32)23(29-31)11-18-4-3-5-19(10-18)25-26-13-21(14-27-25)35-17-22-16-33-8-9-34-22/h3-7,10,12-15,22H,2,8-9,11,16-17H2,1H3. The van der Waals surface area contributed by atoms with Gasteiger partial charge >= 0.3 is 0 Å². The van der Waals surface area contributed by atoms with Crippen LogP contribution in [-0.4, -0.2) is 62.1 Å². The molecule has 35 heavy (non-hydrogen) atoms. The molecule has 4 heterocycles. The van der Waals surface area contributed by atoms with E-state index >= 15 is 0 Å². The number of ether oxygens (including phenoxy) is 3. The fourth-order valence-corrected chi connectivity index (χ4v) is 3.73. The molecule has 1 aliphatic rings. The highest BCUT2D eigenvalue weighted by atomic mass is 16.6. The summed E-state index contributed by atoms with van der Waals surface area (Å²) in [6.45, 7) is 4.89. The number of rotatable bonds is 8. The smallest absolute Gasteiger partial charge is 0.203 e. The van der Waals surface area contributed by atoms with Gasteiger partial charge < -0.3 is 14.2 Å². The van der Waals surface area contributed by atoms with Crippen LogP contribution in [0.2, 0.25) is 0 Å². The van der Waals surface area contributed by atoms with Gasteiger partial charge in [-0.3, -0.25) is 9.48 Å². The summed E-state index contributed by atoms with van der Waals surface area (Å²) in [5.41, 5.74) is 2.93. The van der Waals surface area contributed by atoms with Crippen LogP contribution in [0.1, 0.15) is 18.2 Å². The minimum atomic E-state index is -0.111. The van der Waals surface area contributed by atoms with Crippen molar-refractivity contribution < 1.29 is 14.2 Å². The molecule has 1 atom stereocenters. The third-order valence-corrected chi connectivity index (χ3v) is 5.59. The van der Waals surface area contributed by atoms with E-state index in [-0.39, 0.29) is 11.5 Å². The largest absolute Gasteiger partial charge is 0.488 e. The molecule has 5 rings (SSSR count). The highest BCUT2D eigenvalue weighted by Crippen LogP contribution is 2.19. The van der Waals surface area contributed by atoms with E-state index in [1.54, 1.807) is 29.5 Å². The SMILES string of the molecule is CCn1cc(-n2ccc(=O)c(Cc3cccc(-c4ncc(OCC5COCCO5)cn4)c3)n2)cn1. The molecule has 10 heteroatoms. The maximum Gasteiger partial charge on any atom is 0.203 e. The van der Waals surface area contributed by atoms with Crippen LogP contribution < -0.4 is 10.2 Å². The molecular formula is C25H26N6O4. The zero-order valence-corrected chi connectivity index (χ0v) is 19.4. The molecule has 1 fully saturated rings. The molecule has 0 amide bonds. The molecule has 1 saturated heterocycles. The van der Waals surface area contributed by atoms with Gasteiger partial charge in [0, 0.05) is 30.8 Å². The van der Waals surface area contributed by atoms with E-state index in [0.29, 0.717) is 50.1 Å². The molecule has 4 aromatic rings. The van der Waals surface area contributed by atoms with E-state index in [9.17, 15) is 4.79 Å². The van der Waals surface area contributed by atoms with Crippen molar-refractivity contribution in [2.24, 2.45) is 0 Å². The Hall–Kier alpha value is -3.89. The van der Waals surface area contributed by atoms with Crippen LogP contribution in [0.5, 0.6) is 5.75 Å². The van der Waals surface area contributed by atoms with Gasteiger partial charge in [-0.1, -0.05) is 18.2 Å². The number of hydrogen-bond acceptors (Lipinski definition) is 8. The normalized spacial score (nSPS) is 15.7. The zero-order chi connectivity index (χ0) is 24.0. The quantitative estimate of drug-likeness (QED) is 0.383. The van der Waals surface area contributed by atoms with Gasteiger partial charge in [0.05, 0.1) is 44.6 Å². The summed E-state index contributed by atoms with van der Waals surface area (Å²) in [5, 5.41) is 8.82. The first kappa shape index (κ1) is 22.9. The molecule has 0 radical (unpaired) electrons. The Bertz CT molecular complexity index is 1330. The molecule has 3 aromatic heterocycles. The van der Waals surface area contributed by atoms with Crippen molar-refractivity contribution in [2.45, 2.75) is 26.0 Å². The van der Waals surface area contributed by atoms with E-state index in [0.717, 1.165) is 23.4 Å². The Morgan fingerprint density at radius 1 is 1.14 bits per heavy atom. The van der Waals surface area contributed by atoms with Crippen LogP contribution in [0.4, 0.5) is 0 Å². The lowest BCUT2D eigenvalue weighted by Crippen LogP contribution is -2.33. The number of aryl methyl sites for hydroxylation is 1. The third-order valence-electron chi connectivity index (χ3n) is 5.59. The van der Waals surface area contributed by atoms with Crippen molar-refractivity contribution in [3.63, 3.8) is 0 Å². The maximum absolute atomic E-state index is 12.5. The Labute approximate surface area is 202 Å². The molecule has 1 aliphatic heterocycles. The monoisotopic (exact) mass is 474 g/mol. The van der Waals surface area contributed by atoms with E-state index in [4.69, 9.17) is 14.2 Å². The van der Waals surface area contributed by atoms with Crippen molar-refractivity contribution in [1.82, 2.24) is 29.5 Å². The van der Waals surface area contributed by atoms with Gasteiger partial charge in [0.2, 0.25) is 5.43 Å². The molecule has 180 valence electrons. The van der Waals surface area contributed by atoms with Gasteiger partial charge in [-0.25, -0.2) is 14.6 Å². The summed E-state index contributed by atoms with van der Waals surface area (Å²) in [5.74, 6) is 1.14. The summed E-state index contributed by atoms with van der Waals surface area (Å²) in [7, 11) is 0. The van der Waals surface area contributed by atoms with E-state index in [1.165, 1.54) is 6.07 Å². The van der Waals surface area contributed by atoms with Crippen LogP contribution in [0.25, 0.3) is 17.1 Å². The van der Waals surface area contributed by atoms with Crippen LogP contribution in [0, 0.1) is 0 Å². The maximum atomic E-state index is 12.5. The Balaban J connectivity index is 1.28. The minimum Gasteiger partial charge on any atom is -0.488 e. The Morgan fingerprint density at radius 2 is 2.03 bits per heavy atom. The third kappa shape index (κ3) is 5.61. The highest BCUT2D eigenvalue weighted by Gasteiger charge is 2.15. The fourth-order valence-electron chi connectivity index (χ4n) is 3.73. The lowest BCUT2D eigenvalue weighted by atomic mass is 10.1. The second-order valence-corrected chi connectivity index (χ2v) is 8.12. The summed E-state index contributed by atoms with van der Waals surface area (Å²) >= 11 is 0. The molecule has 0 spiro atoms. The average molecular weight is 475 g/mol. The second-order valence-electron chi connectivity index (χ2n) is 8.12. The molecule has 0 aliphatic carbocycles. The topological polar surface area (TPSA) is 106 Å². The molecule has 10 nitrogen and oxygen atoms in total. The molecule has 0 N–H and O–H groups in total. The number of aromatic nitrogens is 6. The van der Waals surface area contributed by atoms with E-state index in [1.807, 2.05) is 42.1 Å². The Morgan fingerprint density at radius 3 is 2.80 bits per heavy atom. The zero-order valence-electron chi connectivity index (χ0n) is 19.4. The van der Waals surface area contributed by atoms with Gasteiger partial charge in [0.25, 0.3) is 0 Å². The first-order valence-electron chi connectivity index (χ1n) is 11.5. The van der Waals surface area contributed by atoms with Crippen LogP contribution in [-0.2, 0) is 22.4 Å². The molecule has 1 aromatic carbocycles.